The van der Waals surface area contributed by atoms with Crippen molar-refractivity contribution in [2.24, 2.45) is 0 Å². The molecular weight excluding hydrogens is 570 g/mol. The molecule has 0 aliphatic heterocycles. The molecule has 5 heteroatoms. The normalized spacial score (nSPS) is 11.0. The van der Waals surface area contributed by atoms with Gasteiger partial charge in [0.2, 0.25) is 0 Å². The van der Waals surface area contributed by atoms with Crippen molar-refractivity contribution < 1.29 is 43.2 Å². The average molecular weight is 602 g/mol. The van der Waals surface area contributed by atoms with E-state index in [0.717, 1.165) is 6.42 Å². The number of rotatable bonds is 0. The molecule has 0 radical (unpaired) electrons. The zero-order valence-corrected chi connectivity index (χ0v) is 24.8. The molecule has 0 saturated carbocycles. The van der Waals surface area contributed by atoms with Gasteiger partial charge in [-0.15, -0.1) is 53.1 Å². The van der Waals surface area contributed by atoms with Crippen molar-refractivity contribution in [2.45, 2.75) is 27.2 Å². The molecule has 39 heavy (non-hydrogen) atoms. The molecule has 0 atom stereocenters. The molecule has 0 spiro atoms. The van der Waals surface area contributed by atoms with Crippen molar-refractivity contribution in [2.75, 3.05) is 0 Å². The Balaban J connectivity index is 0.000000181. The predicted molar refractivity (Wildman–Crippen MR) is 156 cm³/mol. The van der Waals surface area contributed by atoms with Crippen molar-refractivity contribution in [1.82, 2.24) is 0 Å². The van der Waals surface area contributed by atoms with E-state index in [1.165, 1.54) is 78.9 Å². The maximum Gasteiger partial charge on any atom is 0.123 e. The van der Waals surface area contributed by atoms with Gasteiger partial charge < -0.3 is 10.2 Å². The molecule has 5 aromatic rings. The van der Waals surface area contributed by atoms with Gasteiger partial charge in [0.1, 0.15) is 23.1 Å². The van der Waals surface area contributed by atoms with Gasteiger partial charge in [0, 0.05) is 0 Å². The summed E-state index contributed by atoms with van der Waals surface area (Å²) in [6, 6.07) is 29.3. The third kappa shape index (κ3) is 12.7. The van der Waals surface area contributed by atoms with E-state index in [-0.39, 0.29) is 23.1 Å². The third-order valence-corrected chi connectivity index (χ3v) is 5.05. The molecule has 0 amide bonds. The van der Waals surface area contributed by atoms with E-state index in [9.17, 15) is 8.78 Å². The van der Waals surface area contributed by atoms with Crippen LogP contribution in [0.3, 0.4) is 0 Å². The van der Waals surface area contributed by atoms with Crippen LogP contribution in [0.5, 0.6) is 11.5 Å². The van der Waals surface area contributed by atoms with Crippen LogP contribution in [0.4, 0.5) is 8.78 Å². The Labute approximate surface area is 244 Å². The minimum Gasteiger partial charge on any atom is -0.508 e. The van der Waals surface area contributed by atoms with E-state index in [0.29, 0.717) is 0 Å². The zero-order chi connectivity index (χ0) is 28.6. The maximum absolute atomic E-state index is 12.0. The molecule has 5 aromatic carbocycles. The van der Waals surface area contributed by atoms with Gasteiger partial charge in [0.05, 0.1) is 0 Å². The second kappa shape index (κ2) is 17.1. The number of phenols is 2. The van der Waals surface area contributed by atoms with Gasteiger partial charge in [-0.3, -0.25) is 6.08 Å². The van der Waals surface area contributed by atoms with Crippen molar-refractivity contribution in [3.8, 4) is 11.5 Å². The fourth-order valence-electron chi connectivity index (χ4n) is 3.28. The van der Waals surface area contributed by atoms with Crippen molar-refractivity contribution in [3.05, 3.63) is 139 Å². The number of hydrogen-bond donors (Lipinski definition) is 2. The van der Waals surface area contributed by atoms with Crippen LogP contribution in [-0.4, -0.2) is 13.4 Å². The van der Waals surface area contributed by atoms with E-state index in [4.69, 9.17) is 10.2 Å². The Morgan fingerprint density at radius 2 is 1.10 bits per heavy atom. The smallest absolute Gasteiger partial charge is 0.123 e. The Bertz CT molecular complexity index is 1360. The van der Waals surface area contributed by atoms with Crippen LogP contribution in [0.25, 0.3) is 21.5 Å². The molecular formula is C34H32F2O2Zr. The Hall–Kier alpha value is -3.56. The minimum absolute atomic E-state index is 0.0893. The van der Waals surface area contributed by atoms with Crippen molar-refractivity contribution >= 4 is 24.8 Å². The molecule has 198 valence electrons. The first-order valence-corrected chi connectivity index (χ1v) is 13.6. The fraction of sp³-hybridized carbons (Fsp3) is 0.118. The topological polar surface area (TPSA) is 40.5 Å². The van der Waals surface area contributed by atoms with Gasteiger partial charge in [0.15, 0.2) is 0 Å². The first-order valence-electron chi connectivity index (χ1n) is 12.3. The summed E-state index contributed by atoms with van der Waals surface area (Å²) in [7, 11) is 0. The van der Waals surface area contributed by atoms with Crippen molar-refractivity contribution in [1.29, 1.82) is 0 Å². The summed E-state index contributed by atoms with van der Waals surface area (Å²) in [5.74, 6) is -0.483. The molecule has 0 aromatic heterocycles. The number of fused-ring (bicyclic) bond motifs is 3. The average Bonchev–Trinajstić information content (AvgIpc) is 3.55. The molecule has 1 aliphatic carbocycles. The largest absolute Gasteiger partial charge is 0.508 e. The third-order valence-electron chi connectivity index (χ3n) is 5.05. The number of aromatic hydroxyl groups is 2. The predicted octanol–water partition coefficient (Wildman–Crippen LogP) is 9.22. The van der Waals surface area contributed by atoms with Crippen LogP contribution in [0.15, 0.2) is 121 Å². The van der Waals surface area contributed by atoms with Crippen LogP contribution in [-0.2, 0) is 24.2 Å². The first-order chi connectivity index (χ1) is 18.7. The summed E-state index contributed by atoms with van der Waals surface area (Å²) < 4.78 is 25.5. The number of benzene rings is 4. The molecule has 0 bridgehead atoms. The van der Waals surface area contributed by atoms with Gasteiger partial charge in [-0.05, 0) is 48.5 Å². The summed E-state index contributed by atoms with van der Waals surface area (Å²) in [4.78, 5) is 0. The van der Waals surface area contributed by atoms with Crippen LogP contribution in [0.2, 0.25) is 0 Å². The molecule has 0 heterocycles. The zero-order valence-electron chi connectivity index (χ0n) is 22.3. The van der Waals surface area contributed by atoms with E-state index >= 15 is 0 Å². The van der Waals surface area contributed by atoms with Gasteiger partial charge in [-0.1, -0.05) is 36.4 Å². The van der Waals surface area contributed by atoms with Crippen LogP contribution in [0.1, 0.15) is 27.2 Å². The minimum atomic E-state index is -0.331. The van der Waals surface area contributed by atoms with Gasteiger partial charge in [-0.2, -0.15) is 6.08 Å². The summed E-state index contributed by atoms with van der Waals surface area (Å²) in [6.07, 6.45) is 8.24. The summed E-state index contributed by atoms with van der Waals surface area (Å²) in [6.45, 7) is 6.33. The summed E-state index contributed by atoms with van der Waals surface area (Å²) in [5.41, 5.74) is 1.34. The Kier molecular flexibility index (Phi) is 13.9. The quantitative estimate of drug-likeness (QED) is 0.174. The molecule has 6 rings (SSSR count). The van der Waals surface area contributed by atoms with Gasteiger partial charge >= 0.3 is 41.3 Å². The number of halogens is 2. The van der Waals surface area contributed by atoms with Crippen LogP contribution >= 0.6 is 0 Å². The second-order valence-corrected chi connectivity index (χ2v) is 11.2. The Morgan fingerprint density at radius 1 is 0.718 bits per heavy atom. The molecule has 0 saturated heterocycles. The Morgan fingerprint density at radius 3 is 1.38 bits per heavy atom. The van der Waals surface area contributed by atoms with Gasteiger partial charge in [-0.25, -0.2) is 20.4 Å². The van der Waals surface area contributed by atoms with E-state index < -0.39 is 0 Å². The molecule has 1 aliphatic rings. The number of allylic oxidation sites excluding steroid dienone is 4. The molecule has 0 unspecified atom stereocenters. The SMILES string of the molecule is CC1=CC[C-]=C1.C[C](C)=[Zr+2].Oc1ccc(F)cc1.Oc1ccc(F)cc1.c1ccc2c(c1)[cH-]c1ccccc12. The standard InChI is InChI=1S/C13H9.2C6H5FO.C6H7.C3H6.Zr/c1-3-7-12-10(5-1)9-11-6-2-4-8-13(11)12;2*7-5-1-3-6(8)4-2-5;1-6-4-2-3-5-6;1-3-2;/h1-9H;2*1-4,8H;4-5H,2H2,1H3;1-2H3;/q-1;;;-1;;+2. The maximum atomic E-state index is 12.0. The molecule has 0 fully saturated rings. The molecule has 2 N–H and O–H groups in total. The van der Waals surface area contributed by atoms with Crippen LogP contribution in [0, 0.1) is 17.7 Å². The number of phenolic OH excluding ortho intramolecular Hbond substituents is 2. The van der Waals surface area contributed by atoms with E-state index in [1.54, 1.807) is 24.2 Å². The fourth-order valence-corrected chi connectivity index (χ4v) is 3.28. The number of hydrogen-bond acceptors (Lipinski definition) is 2. The van der Waals surface area contributed by atoms with Crippen LogP contribution < -0.4 is 0 Å². The van der Waals surface area contributed by atoms with E-state index in [1.807, 2.05) is 6.08 Å². The monoisotopic (exact) mass is 600 g/mol. The van der Waals surface area contributed by atoms with E-state index in [2.05, 4.69) is 87.5 Å². The van der Waals surface area contributed by atoms with Crippen molar-refractivity contribution in [3.63, 3.8) is 0 Å². The summed E-state index contributed by atoms with van der Waals surface area (Å²) in [5, 5.41) is 22.6. The first kappa shape index (κ1) is 31.7. The summed E-state index contributed by atoms with van der Waals surface area (Å²) >= 11 is 1.55. The second-order valence-electron chi connectivity index (χ2n) is 8.77. The molecule has 2 nitrogen and oxygen atoms in total. The van der Waals surface area contributed by atoms with Gasteiger partial charge in [0.25, 0.3) is 0 Å².